The van der Waals surface area contributed by atoms with E-state index >= 15 is 0 Å². The van der Waals surface area contributed by atoms with Crippen molar-refractivity contribution in [2.75, 3.05) is 49.1 Å². The Hall–Kier alpha value is -6.13. The highest BCUT2D eigenvalue weighted by molar-refractivity contribution is 6.02. The molecule has 0 spiro atoms. The van der Waals surface area contributed by atoms with E-state index in [2.05, 4.69) is 48.0 Å². The van der Waals surface area contributed by atoms with Crippen molar-refractivity contribution >= 4 is 40.0 Å². The van der Waals surface area contributed by atoms with Crippen LogP contribution in [0.3, 0.4) is 0 Å². The molecule has 278 valence electrons. The fourth-order valence-corrected chi connectivity index (χ4v) is 8.19. The molecule has 3 aliphatic heterocycles. The summed E-state index contributed by atoms with van der Waals surface area (Å²) in [5.74, 6) is 7.28. The largest absolute Gasteiger partial charge is 0.354 e. The van der Waals surface area contributed by atoms with Crippen LogP contribution in [0.1, 0.15) is 60.9 Å². The summed E-state index contributed by atoms with van der Waals surface area (Å²) < 4.78 is 17.7. The monoisotopic (exact) mass is 736 g/mol. The third-order valence-corrected chi connectivity index (χ3v) is 11.1. The molecule has 0 aliphatic carbocycles. The van der Waals surface area contributed by atoms with Gasteiger partial charge in [0.1, 0.15) is 23.1 Å². The fraction of sp³-hybridized carbons (Fsp3) is 0.333. The van der Waals surface area contributed by atoms with Crippen molar-refractivity contribution in [2.24, 2.45) is 7.05 Å². The Labute approximate surface area is 318 Å². The van der Waals surface area contributed by atoms with Crippen LogP contribution in [0, 0.1) is 17.7 Å². The first kappa shape index (κ1) is 34.6. The van der Waals surface area contributed by atoms with Crippen LogP contribution in [-0.2, 0) is 16.6 Å². The summed E-state index contributed by atoms with van der Waals surface area (Å²) in [6, 6.07) is 23.0. The standard InChI is InChI=1S/C42H41FN10O2/c1-49-35-25-28(13-14-31(35)41(48-49)32-15-18-40(54)46-42(32)55)7-2-3-19-50-21-23-51(24-22-50)38-12-5-10-33(45-38)36-27-44-37-16-17-39(47-53(36)37)52-20-6-11-34(52)29-8-4-9-30(43)26-29/h4-5,8-10,12-14,16-17,25-27,32,34H,3,6,11,15,18-24H2,1H3,(H,46,54,55)/t32?,34-/m1/s1. The molecule has 3 aliphatic rings. The van der Waals surface area contributed by atoms with Crippen molar-refractivity contribution in [3.63, 3.8) is 0 Å². The molecule has 2 atom stereocenters. The number of amides is 2. The maximum atomic E-state index is 14.1. The lowest BCUT2D eigenvalue weighted by molar-refractivity contribution is -0.134. The summed E-state index contributed by atoms with van der Waals surface area (Å²) in [6.45, 7) is 5.30. The molecule has 55 heavy (non-hydrogen) atoms. The van der Waals surface area contributed by atoms with Crippen molar-refractivity contribution in [3.8, 4) is 23.2 Å². The van der Waals surface area contributed by atoms with Gasteiger partial charge in [-0.05, 0) is 79.4 Å². The molecule has 0 radical (unpaired) electrons. The number of imidazole rings is 1. The van der Waals surface area contributed by atoms with E-state index in [-0.39, 0.29) is 23.7 Å². The Balaban J connectivity index is 0.825. The van der Waals surface area contributed by atoms with Crippen LogP contribution in [-0.4, -0.2) is 85.3 Å². The molecule has 7 heterocycles. The number of imide groups is 1. The minimum absolute atomic E-state index is 0.0748. The number of carbonyl (C=O) groups excluding carboxylic acids is 2. The van der Waals surface area contributed by atoms with Gasteiger partial charge >= 0.3 is 0 Å². The number of pyridine rings is 1. The minimum Gasteiger partial charge on any atom is -0.354 e. The van der Waals surface area contributed by atoms with Crippen LogP contribution in [0.4, 0.5) is 16.0 Å². The van der Waals surface area contributed by atoms with Gasteiger partial charge in [-0.25, -0.2) is 18.9 Å². The van der Waals surface area contributed by atoms with Gasteiger partial charge in [0, 0.05) is 70.1 Å². The van der Waals surface area contributed by atoms with Gasteiger partial charge in [0.25, 0.3) is 0 Å². The second-order valence-corrected chi connectivity index (χ2v) is 14.5. The molecule has 2 aromatic carbocycles. The molecule has 13 heteroatoms. The number of aryl methyl sites for hydroxylation is 1. The molecule has 2 amide bonds. The van der Waals surface area contributed by atoms with Gasteiger partial charge in [0.2, 0.25) is 11.8 Å². The van der Waals surface area contributed by atoms with Gasteiger partial charge in [-0.1, -0.05) is 30.0 Å². The zero-order valence-electron chi connectivity index (χ0n) is 30.7. The molecular weight excluding hydrogens is 696 g/mol. The van der Waals surface area contributed by atoms with Gasteiger partial charge in [-0.3, -0.25) is 24.5 Å². The summed E-state index contributed by atoms with van der Waals surface area (Å²) in [6.07, 6.45) is 5.34. The smallest absolute Gasteiger partial charge is 0.235 e. The van der Waals surface area contributed by atoms with Crippen LogP contribution in [0.15, 0.2) is 79.0 Å². The highest BCUT2D eigenvalue weighted by atomic mass is 19.1. The molecule has 1 N–H and O–H groups in total. The molecule has 3 saturated heterocycles. The normalized spacial score (nSPS) is 19.2. The summed E-state index contributed by atoms with van der Waals surface area (Å²) in [5.41, 5.74) is 5.89. The number of anilines is 2. The minimum atomic E-state index is -0.425. The van der Waals surface area contributed by atoms with Crippen molar-refractivity contribution in [1.82, 2.24) is 39.6 Å². The Morgan fingerprint density at radius 3 is 2.64 bits per heavy atom. The van der Waals surface area contributed by atoms with Crippen molar-refractivity contribution in [1.29, 1.82) is 0 Å². The lowest BCUT2D eigenvalue weighted by Crippen LogP contribution is -2.46. The van der Waals surface area contributed by atoms with E-state index in [0.717, 1.165) is 109 Å². The van der Waals surface area contributed by atoms with Crippen molar-refractivity contribution < 1.29 is 14.0 Å². The van der Waals surface area contributed by atoms with E-state index in [1.54, 1.807) is 16.8 Å². The fourth-order valence-electron chi connectivity index (χ4n) is 8.19. The van der Waals surface area contributed by atoms with Crippen LogP contribution in [0.5, 0.6) is 0 Å². The zero-order valence-corrected chi connectivity index (χ0v) is 30.7. The van der Waals surface area contributed by atoms with E-state index in [4.69, 9.17) is 10.1 Å². The number of piperidine rings is 1. The Morgan fingerprint density at radius 1 is 0.909 bits per heavy atom. The second kappa shape index (κ2) is 14.6. The summed E-state index contributed by atoms with van der Waals surface area (Å²) in [4.78, 5) is 40.9. The third kappa shape index (κ3) is 6.89. The maximum Gasteiger partial charge on any atom is 0.235 e. The topological polar surface area (TPSA) is 117 Å². The molecule has 0 saturated carbocycles. The van der Waals surface area contributed by atoms with E-state index in [1.165, 1.54) is 6.07 Å². The molecule has 4 aromatic heterocycles. The number of nitrogens with one attached hydrogen (secondary N) is 1. The van der Waals surface area contributed by atoms with Gasteiger partial charge in [0.15, 0.2) is 5.65 Å². The first-order valence-electron chi connectivity index (χ1n) is 19.0. The second-order valence-electron chi connectivity index (χ2n) is 14.5. The Kier molecular flexibility index (Phi) is 9.19. The first-order valence-corrected chi connectivity index (χ1v) is 19.0. The quantitative estimate of drug-likeness (QED) is 0.174. The van der Waals surface area contributed by atoms with E-state index in [0.29, 0.717) is 18.5 Å². The predicted octanol–water partition coefficient (Wildman–Crippen LogP) is 5.24. The number of hydrogen-bond donors (Lipinski definition) is 1. The average Bonchev–Trinajstić information content (AvgIpc) is 3.94. The van der Waals surface area contributed by atoms with Crippen molar-refractivity contribution in [3.05, 3.63) is 102 Å². The van der Waals surface area contributed by atoms with E-state index < -0.39 is 5.92 Å². The number of piperazine rings is 1. The number of fused-ring (bicyclic) bond motifs is 2. The highest BCUT2D eigenvalue weighted by Crippen LogP contribution is 2.36. The number of hydrogen-bond acceptors (Lipinski definition) is 9. The Bertz CT molecular complexity index is 2490. The molecular formula is C42H41FN10O2. The van der Waals surface area contributed by atoms with E-state index in [1.807, 2.05) is 66.3 Å². The lowest BCUT2D eigenvalue weighted by atomic mass is 9.92. The van der Waals surface area contributed by atoms with Crippen LogP contribution in [0.25, 0.3) is 27.9 Å². The number of halogens is 1. The average molecular weight is 737 g/mol. The maximum absolute atomic E-state index is 14.1. The molecule has 1 unspecified atom stereocenters. The number of aromatic nitrogens is 6. The lowest BCUT2D eigenvalue weighted by Gasteiger charge is -2.35. The third-order valence-electron chi connectivity index (χ3n) is 11.1. The predicted molar refractivity (Wildman–Crippen MR) is 208 cm³/mol. The highest BCUT2D eigenvalue weighted by Gasteiger charge is 2.32. The van der Waals surface area contributed by atoms with Crippen molar-refractivity contribution in [2.45, 2.75) is 44.1 Å². The number of benzene rings is 2. The SMILES string of the molecule is Cn1nc(C2CCC(=O)NC2=O)c2ccc(C#CCCN3CCN(c4cccc(-c5cnc6ccc(N7CCC[C@@H]7c7cccc(F)c7)nn56)n4)CC3)cc21. The summed E-state index contributed by atoms with van der Waals surface area (Å²) in [5, 5.41) is 13.0. The van der Waals surface area contributed by atoms with Gasteiger partial charge in [0.05, 0.1) is 35.1 Å². The van der Waals surface area contributed by atoms with E-state index in [9.17, 15) is 14.0 Å². The first-order chi connectivity index (χ1) is 26.9. The zero-order chi connectivity index (χ0) is 37.5. The molecule has 12 nitrogen and oxygen atoms in total. The van der Waals surface area contributed by atoms with Crippen LogP contribution in [0.2, 0.25) is 0 Å². The molecule has 0 bridgehead atoms. The summed E-state index contributed by atoms with van der Waals surface area (Å²) in [7, 11) is 1.87. The van der Waals surface area contributed by atoms with Gasteiger partial charge in [-0.2, -0.15) is 5.10 Å². The number of nitrogens with zero attached hydrogens (tertiary/aromatic N) is 9. The number of rotatable bonds is 7. The van der Waals surface area contributed by atoms with Gasteiger partial charge in [-0.15, -0.1) is 5.10 Å². The Morgan fingerprint density at radius 2 is 1.78 bits per heavy atom. The van der Waals surface area contributed by atoms with Gasteiger partial charge < -0.3 is 9.80 Å². The number of carbonyl (C=O) groups is 2. The van der Waals surface area contributed by atoms with Crippen LogP contribution < -0.4 is 15.1 Å². The molecule has 3 fully saturated rings. The van der Waals surface area contributed by atoms with Crippen LogP contribution >= 0.6 is 0 Å². The molecule has 6 aromatic rings. The summed E-state index contributed by atoms with van der Waals surface area (Å²) >= 11 is 0. The molecule has 9 rings (SSSR count).